The smallest absolute Gasteiger partial charge is 0.420 e. The molecule has 2 aromatic carbocycles. The van der Waals surface area contributed by atoms with Crippen molar-refractivity contribution in [1.29, 1.82) is 0 Å². The van der Waals surface area contributed by atoms with Crippen molar-refractivity contribution < 1.29 is 36.1 Å². The Bertz CT molecular complexity index is 1070. The average Bonchev–Trinajstić information content (AvgIpc) is 2.67. The first-order valence-electron chi connectivity index (χ1n) is 8.69. The van der Waals surface area contributed by atoms with Crippen molar-refractivity contribution in [3.05, 3.63) is 59.2 Å². The third-order valence-corrected chi connectivity index (χ3v) is 5.32. The standard InChI is InChI=1S/C19H17F2NO6S/c20-19(21,29(25,26)27)18(24)28-16-8-4-3-7-15(16)17(23)22-14-10-9-12-5-1-2-6-13(12)11-14/h3-4,7-11H,1-2,5-6H2,(H,22,23)(H,25,26,27). The number of fused-ring (bicyclic) bond motifs is 1. The number of rotatable bonds is 5. The zero-order chi connectivity index (χ0) is 21.2. The molecule has 154 valence electrons. The van der Waals surface area contributed by atoms with Crippen molar-refractivity contribution in [2.75, 3.05) is 5.32 Å². The van der Waals surface area contributed by atoms with E-state index >= 15 is 0 Å². The zero-order valence-corrected chi connectivity index (χ0v) is 15.8. The van der Waals surface area contributed by atoms with E-state index in [2.05, 4.69) is 10.1 Å². The van der Waals surface area contributed by atoms with Gasteiger partial charge in [0.15, 0.2) is 0 Å². The minimum absolute atomic E-state index is 0.260. The lowest BCUT2D eigenvalue weighted by atomic mass is 9.91. The lowest BCUT2D eigenvalue weighted by molar-refractivity contribution is -0.151. The number of nitrogens with one attached hydrogen (secondary N) is 1. The monoisotopic (exact) mass is 425 g/mol. The molecule has 10 heteroatoms. The van der Waals surface area contributed by atoms with Gasteiger partial charge in [0.25, 0.3) is 5.91 Å². The fraction of sp³-hybridized carbons (Fsp3) is 0.263. The number of amides is 1. The van der Waals surface area contributed by atoms with Crippen LogP contribution in [0.2, 0.25) is 0 Å². The molecule has 7 nitrogen and oxygen atoms in total. The highest BCUT2D eigenvalue weighted by Gasteiger charge is 2.54. The van der Waals surface area contributed by atoms with Crippen molar-refractivity contribution >= 4 is 27.7 Å². The number of hydrogen-bond acceptors (Lipinski definition) is 5. The molecule has 29 heavy (non-hydrogen) atoms. The Morgan fingerprint density at radius 3 is 2.38 bits per heavy atom. The Kier molecular flexibility index (Phi) is 5.67. The molecule has 1 aliphatic rings. The molecule has 0 bridgehead atoms. The summed E-state index contributed by atoms with van der Waals surface area (Å²) in [7, 11) is -6.02. The molecule has 0 radical (unpaired) electrons. The molecule has 0 aromatic heterocycles. The number of benzene rings is 2. The average molecular weight is 425 g/mol. The van der Waals surface area contributed by atoms with E-state index in [9.17, 15) is 26.8 Å². The summed E-state index contributed by atoms with van der Waals surface area (Å²) >= 11 is 0. The van der Waals surface area contributed by atoms with Crippen LogP contribution in [0, 0.1) is 0 Å². The summed E-state index contributed by atoms with van der Waals surface area (Å²) in [5, 5.41) is -2.57. The van der Waals surface area contributed by atoms with Crippen molar-refractivity contribution in [3.8, 4) is 5.75 Å². The second kappa shape index (κ2) is 7.88. The van der Waals surface area contributed by atoms with Gasteiger partial charge in [-0.3, -0.25) is 9.35 Å². The van der Waals surface area contributed by atoms with Crippen LogP contribution < -0.4 is 10.1 Å². The van der Waals surface area contributed by atoms with Crippen LogP contribution in [-0.4, -0.2) is 30.1 Å². The Balaban J connectivity index is 1.81. The maximum absolute atomic E-state index is 13.4. The van der Waals surface area contributed by atoms with E-state index in [1.165, 1.54) is 23.8 Å². The van der Waals surface area contributed by atoms with Crippen LogP contribution in [0.1, 0.15) is 34.3 Å². The highest BCUT2D eigenvalue weighted by molar-refractivity contribution is 7.87. The van der Waals surface area contributed by atoms with Gasteiger partial charge in [-0.15, -0.1) is 0 Å². The lowest BCUT2D eigenvalue weighted by Crippen LogP contribution is -2.40. The fourth-order valence-electron chi connectivity index (χ4n) is 3.02. The summed E-state index contributed by atoms with van der Waals surface area (Å²) in [6.07, 6.45) is 4.00. The number of alkyl halides is 2. The number of carbonyl (C=O) groups is 2. The van der Waals surface area contributed by atoms with Gasteiger partial charge in [0, 0.05) is 5.69 Å². The number of ether oxygens (including phenoxy) is 1. The van der Waals surface area contributed by atoms with Crippen molar-refractivity contribution in [2.24, 2.45) is 0 Å². The molecule has 2 aromatic rings. The van der Waals surface area contributed by atoms with Gasteiger partial charge in [0.1, 0.15) is 5.75 Å². The van der Waals surface area contributed by atoms with Crippen molar-refractivity contribution in [1.82, 2.24) is 0 Å². The van der Waals surface area contributed by atoms with Gasteiger partial charge in [0.2, 0.25) is 0 Å². The van der Waals surface area contributed by atoms with E-state index in [-0.39, 0.29) is 5.56 Å². The van der Waals surface area contributed by atoms with Crippen LogP contribution in [0.25, 0.3) is 0 Å². The van der Waals surface area contributed by atoms with E-state index in [4.69, 9.17) is 4.55 Å². The van der Waals surface area contributed by atoms with Crippen LogP contribution in [0.5, 0.6) is 5.75 Å². The van der Waals surface area contributed by atoms with Crippen molar-refractivity contribution in [3.63, 3.8) is 0 Å². The number of para-hydroxylation sites is 1. The van der Waals surface area contributed by atoms with Gasteiger partial charge in [-0.1, -0.05) is 18.2 Å². The molecule has 0 spiro atoms. The molecule has 0 saturated heterocycles. The lowest BCUT2D eigenvalue weighted by Gasteiger charge is -2.17. The molecule has 2 N–H and O–H groups in total. The number of aryl methyl sites for hydroxylation is 2. The Hall–Kier alpha value is -2.85. The Morgan fingerprint density at radius 1 is 1.03 bits per heavy atom. The second-order valence-corrected chi connectivity index (χ2v) is 7.99. The number of halogens is 2. The van der Waals surface area contributed by atoms with Gasteiger partial charge in [-0.05, 0) is 61.1 Å². The molecule has 0 saturated carbocycles. The fourth-order valence-corrected chi connectivity index (χ4v) is 3.27. The minimum atomic E-state index is -6.02. The molecule has 0 unspecified atom stereocenters. The van der Waals surface area contributed by atoms with E-state index in [0.717, 1.165) is 37.3 Å². The maximum atomic E-state index is 13.4. The molecular weight excluding hydrogens is 408 g/mol. The highest BCUT2D eigenvalue weighted by atomic mass is 32.2. The van der Waals surface area contributed by atoms with Gasteiger partial charge in [0.05, 0.1) is 5.56 Å². The minimum Gasteiger partial charge on any atom is -0.420 e. The van der Waals surface area contributed by atoms with Gasteiger partial charge in [-0.2, -0.15) is 17.2 Å². The number of esters is 1. The topological polar surface area (TPSA) is 110 Å². The van der Waals surface area contributed by atoms with Crippen LogP contribution in [0.15, 0.2) is 42.5 Å². The SMILES string of the molecule is O=C(Nc1ccc2c(c1)CCCC2)c1ccccc1OC(=O)C(F)(F)S(=O)(=O)O. The van der Waals surface area contributed by atoms with E-state index in [0.29, 0.717) is 5.69 Å². The second-order valence-electron chi connectivity index (χ2n) is 6.52. The normalized spacial score (nSPS) is 14.0. The molecule has 0 atom stereocenters. The molecule has 3 rings (SSSR count). The first-order chi connectivity index (χ1) is 13.6. The predicted molar refractivity (Wildman–Crippen MR) is 99.6 cm³/mol. The molecule has 0 fully saturated rings. The van der Waals surface area contributed by atoms with E-state index < -0.39 is 33.0 Å². The van der Waals surface area contributed by atoms with Gasteiger partial charge >= 0.3 is 21.3 Å². The number of carbonyl (C=O) groups excluding carboxylic acids is 2. The Morgan fingerprint density at radius 2 is 1.69 bits per heavy atom. The van der Waals surface area contributed by atoms with Gasteiger partial charge < -0.3 is 10.1 Å². The van der Waals surface area contributed by atoms with Crippen LogP contribution >= 0.6 is 0 Å². The first kappa shape index (κ1) is 20.9. The molecule has 1 amide bonds. The quantitative estimate of drug-likeness (QED) is 0.433. The van der Waals surface area contributed by atoms with E-state index in [1.807, 2.05) is 12.1 Å². The number of hydrogen-bond donors (Lipinski definition) is 2. The zero-order valence-electron chi connectivity index (χ0n) is 15.0. The molecule has 0 heterocycles. The maximum Gasteiger partial charge on any atom is 0.466 e. The Labute approximate surface area is 165 Å². The van der Waals surface area contributed by atoms with Crippen molar-refractivity contribution in [2.45, 2.75) is 30.9 Å². The first-order valence-corrected chi connectivity index (χ1v) is 10.1. The molecule has 0 aliphatic heterocycles. The third kappa shape index (κ3) is 4.43. The summed E-state index contributed by atoms with van der Waals surface area (Å²) < 4.78 is 61.2. The summed E-state index contributed by atoms with van der Waals surface area (Å²) in [5.74, 6) is -3.83. The van der Waals surface area contributed by atoms with Crippen LogP contribution in [0.4, 0.5) is 14.5 Å². The summed E-state index contributed by atoms with van der Waals surface area (Å²) in [4.78, 5) is 24.1. The van der Waals surface area contributed by atoms with E-state index in [1.54, 1.807) is 6.07 Å². The summed E-state index contributed by atoms with van der Waals surface area (Å²) in [5.41, 5.74) is 2.54. The van der Waals surface area contributed by atoms with Gasteiger partial charge in [-0.25, -0.2) is 4.79 Å². The number of anilines is 1. The van der Waals surface area contributed by atoms with Crippen LogP contribution in [0.3, 0.4) is 0 Å². The largest absolute Gasteiger partial charge is 0.466 e. The summed E-state index contributed by atoms with van der Waals surface area (Å²) in [6, 6.07) is 10.4. The third-order valence-electron chi connectivity index (χ3n) is 4.50. The summed E-state index contributed by atoms with van der Waals surface area (Å²) in [6.45, 7) is 0. The molecular formula is C19H17F2NO6S. The molecule has 1 aliphatic carbocycles. The highest BCUT2D eigenvalue weighted by Crippen LogP contribution is 2.28. The predicted octanol–water partition coefficient (Wildman–Crippen LogP) is 3.20. The van der Waals surface area contributed by atoms with Crippen LogP contribution in [-0.2, 0) is 27.8 Å².